The molecule has 9 heavy (non-hydrogen) atoms. The molecule has 0 radical (unpaired) electrons. The largest absolute Gasteiger partial charge is 0.257 e. The van der Waals surface area contributed by atoms with Crippen LogP contribution < -0.4 is 0 Å². The van der Waals surface area contributed by atoms with Gasteiger partial charge in [-0.25, -0.2) is 0 Å². The lowest BCUT2D eigenvalue weighted by Gasteiger charge is -1.93. The van der Waals surface area contributed by atoms with Crippen molar-refractivity contribution < 1.29 is 0 Å². The van der Waals surface area contributed by atoms with Crippen LogP contribution in [0.4, 0.5) is 0 Å². The van der Waals surface area contributed by atoms with Gasteiger partial charge in [0.15, 0.2) is 0 Å². The third-order valence-electron chi connectivity index (χ3n) is 0.861. The molecule has 0 aromatic heterocycles. The van der Waals surface area contributed by atoms with E-state index in [2.05, 4.69) is 24.7 Å². The number of rotatable bonds is 3. The molecule has 0 fully saturated rings. The van der Waals surface area contributed by atoms with Crippen LogP contribution in [0.15, 0.2) is 42.6 Å². The number of hydrogen-bond acceptors (Lipinski definition) is 1. The molecule has 0 aliphatic carbocycles. The van der Waals surface area contributed by atoms with Gasteiger partial charge in [0.05, 0.1) is 5.71 Å². The lowest BCUT2D eigenvalue weighted by atomic mass is 10.2. The van der Waals surface area contributed by atoms with Gasteiger partial charge < -0.3 is 0 Å². The van der Waals surface area contributed by atoms with E-state index in [9.17, 15) is 0 Å². The van der Waals surface area contributed by atoms with E-state index in [0.29, 0.717) is 0 Å². The first kappa shape index (κ1) is 7.89. The maximum atomic E-state index is 3.91. The Balaban J connectivity index is 4.32. The molecule has 0 saturated carbocycles. The molecule has 0 aromatic carbocycles. The van der Waals surface area contributed by atoms with Crippen molar-refractivity contribution in [2.45, 2.75) is 6.92 Å². The zero-order chi connectivity index (χ0) is 7.28. The highest BCUT2D eigenvalue weighted by Crippen LogP contribution is 1.93. The molecule has 48 valence electrons. The highest BCUT2D eigenvalue weighted by molar-refractivity contribution is 6.07. The fraction of sp³-hybridized carbons (Fsp3) is 0.125. The monoisotopic (exact) mass is 121 g/mol. The maximum Gasteiger partial charge on any atom is 0.0646 e. The van der Waals surface area contributed by atoms with Crippen LogP contribution in [0.2, 0.25) is 0 Å². The molecular formula is C8H11N. The second kappa shape index (κ2) is 3.84. The average Bonchev–Trinajstić information content (AvgIpc) is 1.82. The molecule has 0 aliphatic rings. The van der Waals surface area contributed by atoms with Gasteiger partial charge in [0, 0.05) is 6.20 Å². The van der Waals surface area contributed by atoms with Crippen molar-refractivity contribution in [2.75, 3.05) is 0 Å². The van der Waals surface area contributed by atoms with E-state index in [4.69, 9.17) is 0 Å². The highest BCUT2D eigenvalue weighted by atomic mass is 14.7. The molecular weight excluding hydrogens is 110 g/mol. The van der Waals surface area contributed by atoms with Crippen LogP contribution >= 0.6 is 0 Å². The summed E-state index contributed by atoms with van der Waals surface area (Å²) in [7, 11) is 0. The SMILES string of the molecule is C=CN=C(C=C)C(=C)C. The minimum Gasteiger partial charge on any atom is -0.257 e. The van der Waals surface area contributed by atoms with Gasteiger partial charge in [0.25, 0.3) is 0 Å². The van der Waals surface area contributed by atoms with E-state index in [0.717, 1.165) is 11.3 Å². The minimum atomic E-state index is 0.796. The smallest absolute Gasteiger partial charge is 0.0646 e. The first-order chi connectivity index (χ1) is 4.22. The Bertz CT molecular complexity index is 163. The molecule has 0 amide bonds. The summed E-state index contributed by atoms with van der Waals surface area (Å²) in [6.07, 6.45) is 3.13. The van der Waals surface area contributed by atoms with Crippen molar-refractivity contribution in [1.29, 1.82) is 0 Å². The third kappa shape index (κ3) is 2.65. The van der Waals surface area contributed by atoms with Crippen molar-refractivity contribution in [3.8, 4) is 0 Å². The number of aliphatic imine (C=N–C) groups is 1. The number of allylic oxidation sites excluding steroid dienone is 2. The van der Waals surface area contributed by atoms with E-state index in [1.165, 1.54) is 6.20 Å². The summed E-state index contributed by atoms with van der Waals surface area (Å²) in [5.74, 6) is 0. The molecule has 0 N–H and O–H groups in total. The second-order valence-corrected chi connectivity index (χ2v) is 1.68. The molecule has 1 heteroatoms. The van der Waals surface area contributed by atoms with Crippen LogP contribution in [0.1, 0.15) is 6.92 Å². The lowest BCUT2D eigenvalue weighted by molar-refractivity contribution is 1.52. The third-order valence-corrected chi connectivity index (χ3v) is 0.861. The van der Waals surface area contributed by atoms with E-state index < -0.39 is 0 Å². The molecule has 0 bridgehead atoms. The zero-order valence-corrected chi connectivity index (χ0v) is 5.72. The van der Waals surface area contributed by atoms with E-state index >= 15 is 0 Å². The number of hydrogen-bond donors (Lipinski definition) is 0. The molecule has 0 atom stereocenters. The topological polar surface area (TPSA) is 12.4 Å². The summed E-state index contributed by atoms with van der Waals surface area (Å²) in [6, 6.07) is 0. The molecule has 1 nitrogen and oxygen atoms in total. The summed E-state index contributed by atoms with van der Waals surface area (Å²) >= 11 is 0. The molecule has 0 aliphatic heterocycles. The van der Waals surface area contributed by atoms with E-state index in [-0.39, 0.29) is 0 Å². The highest BCUT2D eigenvalue weighted by Gasteiger charge is 1.88. The van der Waals surface area contributed by atoms with Gasteiger partial charge >= 0.3 is 0 Å². The van der Waals surface area contributed by atoms with Crippen molar-refractivity contribution in [2.24, 2.45) is 4.99 Å². The summed E-state index contributed by atoms with van der Waals surface area (Å²) < 4.78 is 0. The Hall–Kier alpha value is -1.11. The first-order valence-corrected chi connectivity index (χ1v) is 2.69. The fourth-order valence-corrected chi connectivity index (χ4v) is 0.435. The van der Waals surface area contributed by atoms with Gasteiger partial charge in [0.1, 0.15) is 0 Å². The van der Waals surface area contributed by atoms with Crippen molar-refractivity contribution in [3.05, 3.63) is 37.6 Å². The standard InChI is InChI=1S/C8H11N/c1-5-8(7(3)4)9-6-2/h5-6H,1-3H2,4H3. The van der Waals surface area contributed by atoms with Gasteiger partial charge in [-0.1, -0.05) is 19.7 Å². The second-order valence-electron chi connectivity index (χ2n) is 1.68. The Morgan fingerprint density at radius 1 is 1.44 bits per heavy atom. The molecule has 0 saturated heterocycles. The van der Waals surface area contributed by atoms with E-state index in [1.54, 1.807) is 6.08 Å². The number of nitrogens with zero attached hydrogens (tertiary/aromatic N) is 1. The lowest BCUT2D eigenvalue weighted by Crippen LogP contribution is -1.90. The van der Waals surface area contributed by atoms with Gasteiger partial charge in [0.2, 0.25) is 0 Å². The predicted molar refractivity (Wildman–Crippen MR) is 42.6 cm³/mol. The normalized spacial score (nSPS) is 10.6. The molecule has 0 aromatic rings. The molecule has 0 rings (SSSR count). The van der Waals surface area contributed by atoms with Crippen LogP contribution in [0, 0.1) is 0 Å². The average molecular weight is 121 g/mol. The van der Waals surface area contributed by atoms with Crippen molar-refractivity contribution in [3.63, 3.8) is 0 Å². The Morgan fingerprint density at radius 3 is 2.11 bits per heavy atom. The molecule has 0 spiro atoms. The van der Waals surface area contributed by atoms with Crippen LogP contribution in [0.3, 0.4) is 0 Å². The van der Waals surface area contributed by atoms with Crippen molar-refractivity contribution >= 4 is 5.71 Å². The summed E-state index contributed by atoms with van der Waals surface area (Å²) in [5, 5.41) is 0. The first-order valence-electron chi connectivity index (χ1n) is 2.69. The predicted octanol–water partition coefficient (Wildman–Crippen LogP) is 2.33. The summed E-state index contributed by atoms with van der Waals surface area (Å²) in [5.41, 5.74) is 1.70. The summed E-state index contributed by atoms with van der Waals surface area (Å²) in [6.45, 7) is 12.6. The Labute approximate surface area is 56.1 Å². The molecule has 0 heterocycles. The quantitative estimate of drug-likeness (QED) is 0.508. The Morgan fingerprint density at radius 2 is 2.00 bits per heavy atom. The Kier molecular flexibility index (Phi) is 3.37. The van der Waals surface area contributed by atoms with Gasteiger partial charge in [-0.2, -0.15) is 0 Å². The van der Waals surface area contributed by atoms with Crippen LogP contribution in [-0.2, 0) is 0 Å². The minimum absolute atomic E-state index is 0.796. The molecule has 0 unspecified atom stereocenters. The van der Waals surface area contributed by atoms with Crippen molar-refractivity contribution in [1.82, 2.24) is 0 Å². The van der Waals surface area contributed by atoms with Gasteiger partial charge in [-0.15, -0.1) is 0 Å². The maximum absolute atomic E-state index is 3.91. The van der Waals surface area contributed by atoms with Crippen LogP contribution in [0.25, 0.3) is 0 Å². The van der Waals surface area contributed by atoms with E-state index in [1.807, 2.05) is 6.92 Å². The van der Waals surface area contributed by atoms with Gasteiger partial charge in [-0.3, -0.25) is 4.99 Å². The van der Waals surface area contributed by atoms with Crippen LogP contribution in [-0.4, -0.2) is 5.71 Å². The van der Waals surface area contributed by atoms with Gasteiger partial charge in [-0.05, 0) is 18.6 Å². The zero-order valence-electron chi connectivity index (χ0n) is 5.72. The van der Waals surface area contributed by atoms with Crippen LogP contribution in [0.5, 0.6) is 0 Å². The fourth-order valence-electron chi connectivity index (χ4n) is 0.435. The summed E-state index contributed by atoms with van der Waals surface area (Å²) in [4.78, 5) is 3.91.